The van der Waals surface area contributed by atoms with Crippen molar-refractivity contribution in [1.82, 2.24) is 15.5 Å². The van der Waals surface area contributed by atoms with E-state index in [4.69, 9.17) is 4.74 Å². The van der Waals surface area contributed by atoms with Gasteiger partial charge in [-0.15, -0.1) is 0 Å². The lowest BCUT2D eigenvalue weighted by atomic mass is 10.0. The van der Waals surface area contributed by atoms with Crippen LogP contribution in [0.2, 0.25) is 0 Å². The highest BCUT2D eigenvalue weighted by Gasteiger charge is 2.30. The molecule has 2 aromatic carbocycles. The number of carboxylic acids is 1. The summed E-state index contributed by atoms with van der Waals surface area (Å²) in [4.78, 5) is 52.0. The molecule has 0 radical (unpaired) electrons. The van der Waals surface area contributed by atoms with Crippen molar-refractivity contribution in [3.05, 3.63) is 65.7 Å². The van der Waals surface area contributed by atoms with Crippen molar-refractivity contribution in [3.8, 4) is 5.75 Å². The van der Waals surface area contributed by atoms with E-state index in [1.165, 1.54) is 6.07 Å². The van der Waals surface area contributed by atoms with E-state index in [2.05, 4.69) is 10.6 Å². The fourth-order valence-corrected chi connectivity index (χ4v) is 3.62. The molecule has 2 atom stereocenters. The predicted octanol–water partition coefficient (Wildman–Crippen LogP) is 1.23. The molecule has 0 aromatic heterocycles. The smallest absolute Gasteiger partial charge is 0.326 e. The fraction of sp³-hybridized carbons (Fsp3) is 0.333. The molecule has 0 saturated carbocycles. The standard InChI is InChI=1S/C24H27N3O6/c1-2-27-12-13-33-20-11-7-6-10-17(20)22(29)26-19(24(31)32)15-21(28)25-18(23(27)30)14-16-8-4-3-5-9-16/h3-11,18-19H,2,12-15H2,1H3,(H,25,28)(H,26,29)(H,31,32)/t18-,19-/m0/s1. The Hall–Kier alpha value is -3.88. The van der Waals surface area contributed by atoms with Gasteiger partial charge < -0.3 is 25.4 Å². The number of nitrogens with zero attached hydrogens (tertiary/aromatic N) is 1. The molecule has 1 aliphatic rings. The Morgan fingerprint density at radius 2 is 1.76 bits per heavy atom. The number of hydrogen-bond donors (Lipinski definition) is 3. The van der Waals surface area contributed by atoms with Gasteiger partial charge in [0.2, 0.25) is 11.8 Å². The molecule has 0 fully saturated rings. The number of carbonyl (C=O) groups is 4. The highest BCUT2D eigenvalue weighted by atomic mass is 16.5. The van der Waals surface area contributed by atoms with Gasteiger partial charge in [-0.3, -0.25) is 14.4 Å². The Labute approximate surface area is 191 Å². The minimum absolute atomic E-state index is 0.123. The fourth-order valence-electron chi connectivity index (χ4n) is 3.62. The van der Waals surface area contributed by atoms with Gasteiger partial charge in [0.15, 0.2) is 0 Å². The summed E-state index contributed by atoms with van der Waals surface area (Å²) >= 11 is 0. The minimum Gasteiger partial charge on any atom is -0.491 e. The van der Waals surface area contributed by atoms with Gasteiger partial charge in [-0.1, -0.05) is 42.5 Å². The van der Waals surface area contributed by atoms with Gasteiger partial charge in [-0.05, 0) is 24.6 Å². The molecule has 0 aliphatic carbocycles. The number of aliphatic carboxylic acids is 1. The first-order chi connectivity index (χ1) is 15.9. The Bertz CT molecular complexity index is 1010. The Kier molecular flexibility index (Phi) is 8.01. The number of para-hydroxylation sites is 1. The number of likely N-dealkylation sites (N-methyl/N-ethyl adjacent to an activating group) is 1. The van der Waals surface area contributed by atoms with Gasteiger partial charge in [-0.25, -0.2) is 4.79 Å². The van der Waals surface area contributed by atoms with Crippen molar-refractivity contribution in [2.75, 3.05) is 19.7 Å². The van der Waals surface area contributed by atoms with Crippen molar-refractivity contribution in [2.24, 2.45) is 0 Å². The quantitative estimate of drug-likeness (QED) is 0.640. The van der Waals surface area contributed by atoms with Gasteiger partial charge in [-0.2, -0.15) is 0 Å². The van der Waals surface area contributed by atoms with Crippen molar-refractivity contribution in [1.29, 1.82) is 0 Å². The number of ether oxygens (including phenoxy) is 1. The second kappa shape index (κ2) is 11.1. The third-order valence-corrected chi connectivity index (χ3v) is 5.35. The number of nitrogens with one attached hydrogen (secondary N) is 2. The first-order valence-electron chi connectivity index (χ1n) is 10.8. The van der Waals surface area contributed by atoms with Crippen LogP contribution in [-0.4, -0.2) is 65.5 Å². The van der Waals surface area contributed by atoms with E-state index >= 15 is 0 Å². The average Bonchev–Trinajstić information content (AvgIpc) is 2.81. The number of amides is 3. The van der Waals surface area contributed by atoms with E-state index in [1.54, 1.807) is 23.1 Å². The second-order valence-electron chi connectivity index (χ2n) is 7.64. The molecule has 9 nitrogen and oxygen atoms in total. The number of hydrogen-bond acceptors (Lipinski definition) is 5. The number of rotatable bonds is 4. The van der Waals surface area contributed by atoms with Crippen molar-refractivity contribution in [3.63, 3.8) is 0 Å². The lowest BCUT2D eigenvalue weighted by Gasteiger charge is -2.28. The van der Waals surface area contributed by atoms with Crippen LogP contribution in [0.3, 0.4) is 0 Å². The molecule has 0 unspecified atom stereocenters. The molecule has 1 heterocycles. The molecule has 3 amide bonds. The van der Waals surface area contributed by atoms with Gasteiger partial charge in [0.05, 0.1) is 18.5 Å². The molecular weight excluding hydrogens is 426 g/mol. The molecule has 0 saturated heterocycles. The van der Waals surface area contributed by atoms with Crippen molar-refractivity contribution >= 4 is 23.7 Å². The number of benzene rings is 2. The van der Waals surface area contributed by atoms with Crippen molar-refractivity contribution < 1.29 is 29.0 Å². The van der Waals surface area contributed by atoms with Gasteiger partial charge in [0.25, 0.3) is 5.91 Å². The molecule has 3 rings (SSSR count). The SMILES string of the molecule is CCN1CCOc2ccccc2C(=O)N[C@H](C(=O)O)CC(=O)N[C@@H](Cc2ccccc2)C1=O. The van der Waals surface area contributed by atoms with Gasteiger partial charge in [0, 0.05) is 13.0 Å². The normalized spacial score (nSPS) is 20.0. The summed E-state index contributed by atoms with van der Waals surface area (Å²) in [7, 11) is 0. The topological polar surface area (TPSA) is 125 Å². The largest absolute Gasteiger partial charge is 0.491 e. The molecule has 0 bridgehead atoms. The first kappa shape index (κ1) is 23.8. The first-order valence-corrected chi connectivity index (χ1v) is 10.8. The summed E-state index contributed by atoms with van der Waals surface area (Å²) < 4.78 is 5.76. The van der Waals surface area contributed by atoms with Crippen LogP contribution in [0.5, 0.6) is 5.75 Å². The van der Waals surface area contributed by atoms with Crippen LogP contribution < -0.4 is 15.4 Å². The third-order valence-electron chi connectivity index (χ3n) is 5.35. The Morgan fingerprint density at radius 3 is 2.45 bits per heavy atom. The van der Waals surface area contributed by atoms with Crippen LogP contribution in [0.4, 0.5) is 0 Å². The summed E-state index contributed by atoms with van der Waals surface area (Å²) in [5.41, 5.74) is 0.999. The van der Waals surface area contributed by atoms with E-state index in [0.717, 1.165) is 5.56 Å². The zero-order valence-electron chi connectivity index (χ0n) is 18.3. The lowest BCUT2D eigenvalue weighted by Crippen LogP contribution is -2.52. The van der Waals surface area contributed by atoms with E-state index in [9.17, 15) is 24.3 Å². The average molecular weight is 453 g/mol. The number of fused-ring (bicyclic) bond motifs is 1. The van der Waals surface area contributed by atoms with Crippen LogP contribution in [0.1, 0.15) is 29.3 Å². The molecule has 33 heavy (non-hydrogen) atoms. The zero-order valence-corrected chi connectivity index (χ0v) is 18.3. The maximum Gasteiger partial charge on any atom is 0.326 e. The molecule has 1 aliphatic heterocycles. The van der Waals surface area contributed by atoms with E-state index in [-0.39, 0.29) is 36.8 Å². The van der Waals surface area contributed by atoms with E-state index in [0.29, 0.717) is 6.54 Å². The molecule has 2 aromatic rings. The molecule has 9 heteroatoms. The predicted molar refractivity (Wildman–Crippen MR) is 120 cm³/mol. The molecule has 174 valence electrons. The van der Waals surface area contributed by atoms with Crippen molar-refractivity contribution in [2.45, 2.75) is 31.8 Å². The highest BCUT2D eigenvalue weighted by Crippen LogP contribution is 2.19. The summed E-state index contributed by atoms with van der Waals surface area (Å²) in [6.07, 6.45) is -0.273. The lowest BCUT2D eigenvalue weighted by molar-refractivity contribution is -0.141. The van der Waals surface area contributed by atoms with Gasteiger partial charge in [0.1, 0.15) is 24.4 Å². The van der Waals surface area contributed by atoms with E-state index < -0.39 is 36.3 Å². The maximum atomic E-state index is 13.3. The van der Waals surface area contributed by atoms with E-state index in [1.807, 2.05) is 37.3 Å². The summed E-state index contributed by atoms with van der Waals surface area (Å²) in [6, 6.07) is 13.3. The van der Waals surface area contributed by atoms with Crippen LogP contribution in [0.15, 0.2) is 54.6 Å². The number of carbonyl (C=O) groups excluding carboxylic acids is 3. The Morgan fingerprint density at radius 1 is 1.06 bits per heavy atom. The molecular formula is C24H27N3O6. The summed E-state index contributed by atoms with van der Waals surface area (Å²) in [5, 5.41) is 14.6. The van der Waals surface area contributed by atoms with Crippen LogP contribution in [0.25, 0.3) is 0 Å². The second-order valence-corrected chi connectivity index (χ2v) is 7.64. The highest BCUT2D eigenvalue weighted by molar-refractivity contribution is 6.00. The van der Waals surface area contributed by atoms with Crippen LogP contribution in [0, 0.1) is 0 Å². The maximum absolute atomic E-state index is 13.3. The third kappa shape index (κ3) is 6.31. The minimum atomic E-state index is -1.47. The molecule has 3 N–H and O–H groups in total. The summed E-state index contributed by atoms with van der Waals surface area (Å²) in [6.45, 7) is 2.59. The molecule has 0 spiro atoms. The monoisotopic (exact) mass is 453 g/mol. The van der Waals surface area contributed by atoms with Gasteiger partial charge >= 0.3 is 5.97 Å². The summed E-state index contributed by atoms with van der Waals surface area (Å²) in [5.74, 6) is -2.68. The van der Waals surface area contributed by atoms with Crippen LogP contribution in [-0.2, 0) is 20.8 Å². The number of carboxylic acid groups (broad SMARTS) is 1. The van der Waals surface area contributed by atoms with Crippen LogP contribution >= 0.6 is 0 Å². The zero-order chi connectivity index (χ0) is 23.8. The Balaban J connectivity index is 1.92.